The Kier molecular flexibility index (Phi) is 3.49. The Bertz CT molecular complexity index is 247. The molecule has 0 unspecified atom stereocenters. The summed E-state index contributed by atoms with van der Waals surface area (Å²) in [5.41, 5.74) is -0.662. The van der Waals surface area contributed by atoms with Crippen molar-refractivity contribution in [3.63, 3.8) is 0 Å². The second-order valence-corrected chi connectivity index (χ2v) is 3.30. The van der Waals surface area contributed by atoms with Gasteiger partial charge in [-0.1, -0.05) is 5.92 Å². The van der Waals surface area contributed by atoms with Crippen LogP contribution in [0, 0.1) is 17.3 Å². The van der Waals surface area contributed by atoms with Crippen LogP contribution in [0.25, 0.3) is 0 Å². The van der Waals surface area contributed by atoms with Gasteiger partial charge in [0.15, 0.2) is 0 Å². The van der Waals surface area contributed by atoms with Crippen molar-refractivity contribution >= 4 is 11.9 Å². The molecule has 12 heavy (non-hydrogen) atoms. The molecule has 3 heteroatoms. The van der Waals surface area contributed by atoms with E-state index in [9.17, 15) is 9.59 Å². The minimum atomic E-state index is -0.794. The molecule has 0 radical (unpaired) electrons. The Morgan fingerprint density at radius 2 is 1.75 bits per heavy atom. The van der Waals surface area contributed by atoms with Gasteiger partial charge in [0.2, 0.25) is 0 Å². The van der Waals surface area contributed by atoms with Crippen molar-refractivity contribution < 1.29 is 14.3 Å². The molecule has 0 atom stereocenters. The van der Waals surface area contributed by atoms with Crippen molar-refractivity contribution in [1.29, 1.82) is 0 Å². The Morgan fingerprint density at radius 3 is 2.08 bits per heavy atom. The zero-order chi connectivity index (χ0) is 9.78. The Balaban J connectivity index is 4.18. The molecule has 0 bridgehead atoms. The van der Waals surface area contributed by atoms with Crippen LogP contribution in [0.4, 0.5) is 0 Å². The molecule has 0 aliphatic carbocycles. The molecule has 0 aliphatic rings. The van der Waals surface area contributed by atoms with Crippen LogP contribution in [0.5, 0.6) is 0 Å². The lowest BCUT2D eigenvalue weighted by Crippen LogP contribution is -2.25. The van der Waals surface area contributed by atoms with Crippen LogP contribution in [0.1, 0.15) is 27.7 Å². The van der Waals surface area contributed by atoms with Gasteiger partial charge >= 0.3 is 11.9 Å². The number of carbonyl (C=O) groups excluding carboxylic acids is 2. The van der Waals surface area contributed by atoms with Gasteiger partial charge in [0.25, 0.3) is 0 Å². The molecule has 0 saturated carbocycles. The van der Waals surface area contributed by atoms with Crippen molar-refractivity contribution in [2.75, 3.05) is 0 Å². The van der Waals surface area contributed by atoms with Gasteiger partial charge in [0.1, 0.15) is 0 Å². The van der Waals surface area contributed by atoms with Crippen molar-refractivity contribution in [2.24, 2.45) is 5.41 Å². The molecule has 0 aliphatic heterocycles. The van der Waals surface area contributed by atoms with E-state index in [2.05, 4.69) is 16.6 Å². The first-order valence-electron chi connectivity index (χ1n) is 3.57. The summed E-state index contributed by atoms with van der Waals surface area (Å²) < 4.78 is 4.40. The largest absolute Gasteiger partial charge is 0.392 e. The molecule has 0 aromatic heterocycles. The first-order valence-corrected chi connectivity index (χ1v) is 3.57. The summed E-state index contributed by atoms with van der Waals surface area (Å²) >= 11 is 0. The molecule has 0 saturated heterocycles. The molecular formula is C9H12O3. The number of esters is 2. The zero-order valence-electron chi connectivity index (χ0n) is 7.72. The van der Waals surface area contributed by atoms with Gasteiger partial charge in [-0.25, -0.2) is 4.79 Å². The van der Waals surface area contributed by atoms with Crippen LogP contribution in [0.3, 0.4) is 0 Å². The van der Waals surface area contributed by atoms with E-state index in [0.717, 1.165) is 0 Å². The molecule has 0 heterocycles. The topological polar surface area (TPSA) is 43.4 Å². The molecule has 0 aromatic rings. The van der Waals surface area contributed by atoms with Gasteiger partial charge in [0.05, 0.1) is 5.41 Å². The minimum absolute atomic E-state index is 0.560. The molecule has 0 fully saturated rings. The van der Waals surface area contributed by atoms with Crippen molar-refractivity contribution in [3.8, 4) is 11.8 Å². The van der Waals surface area contributed by atoms with Gasteiger partial charge in [-0.3, -0.25) is 4.79 Å². The number of hydrogen-bond acceptors (Lipinski definition) is 3. The monoisotopic (exact) mass is 168 g/mol. The Morgan fingerprint density at radius 1 is 1.25 bits per heavy atom. The van der Waals surface area contributed by atoms with Gasteiger partial charge < -0.3 is 4.74 Å². The highest BCUT2D eigenvalue weighted by atomic mass is 16.6. The molecule has 0 spiro atoms. The summed E-state index contributed by atoms with van der Waals surface area (Å²) in [7, 11) is 0. The molecule has 0 rings (SSSR count). The summed E-state index contributed by atoms with van der Waals surface area (Å²) in [6, 6.07) is 0. The van der Waals surface area contributed by atoms with Crippen molar-refractivity contribution in [3.05, 3.63) is 0 Å². The molecule has 0 amide bonds. The third-order valence-corrected chi connectivity index (χ3v) is 1.02. The number of ether oxygens (including phenoxy) is 1. The molecule has 3 nitrogen and oxygen atoms in total. The highest BCUT2D eigenvalue weighted by Gasteiger charge is 2.24. The fourth-order valence-electron chi connectivity index (χ4n) is 0.365. The van der Waals surface area contributed by atoms with Crippen LogP contribution in [-0.4, -0.2) is 11.9 Å². The van der Waals surface area contributed by atoms with Gasteiger partial charge in [0, 0.05) is 5.92 Å². The van der Waals surface area contributed by atoms with E-state index in [-0.39, 0.29) is 0 Å². The van der Waals surface area contributed by atoms with Crippen LogP contribution in [-0.2, 0) is 14.3 Å². The summed E-state index contributed by atoms with van der Waals surface area (Å²) in [5.74, 6) is 3.11. The van der Waals surface area contributed by atoms with E-state index in [4.69, 9.17) is 0 Å². The second kappa shape index (κ2) is 3.91. The van der Waals surface area contributed by atoms with E-state index in [1.165, 1.54) is 6.92 Å². The van der Waals surface area contributed by atoms with E-state index in [0.29, 0.717) is 0 Å². The summed E-state index contributed by atoms with van der Waals surface area (Å²) in [6.45, 7) is 6.51. The Labute approximate surface area is 72.1 Å². The first-order chi connectivity index (χ1) is 5.38. The maximum Gasteiger partial charge on any atom is 0.392 e. The van der Waals surface area contributed by atoms with E-state index < -0.39 is 17.4 Å². The van der Waals surface area contributed by atoms with Crippen molar-refractivity contribution in [2.45, 2.75) is 27.7 Å². The number of carbonyl (C=O) groups is 2. The summed E-state index contributed by atoms with van der Waals surface area (Å²) in [5, 5.41) is 0. The summed E-state index contributed by atoms with van der Waals surface area (Å²) in [4.78, 5) is 21.7. The highest BCUT2D eigenvalue weighted by molar-refractivity contribution is 5.97. The quantitative estimate of drug-likeness (QED) is 0.235. The van der Waals surface area contributed by atoms with Gasteiger partial charge in [-0.15, -0.1) is 0 Å². The highest BCUT2D eigenvalue weighted by Crippen LogP contribution is 2.14. The van der Waals surface area contributed by atoms with Crippen LogP contribution < -0.4 is 0 Å². The lowest BCUT2D eigenvalue weighted by Gasteiger charge is -2.13. The summed E-state index contributed by atoms with van der Waals surface area (Å²) in [6.07, 6.45) is 0. The van der Waals surface area contributed by atoms with Crippen LogP contribution >= 0.6 is 0 Å². The fourth-order valence-corrected chi connectivity index (χ4v) is 0.365. The maximum atomic E-state index is 11.0. The van der Waals surface area contributed by atoms with E-state index in [1.54, 1.807) is 20.8 Å². The minimum Gasteiger partial charge on any atom is -0.383 e. The van der Waals surface area contributed by atoms with E-state index >= 15 is 0 Å². The van der Waals surface area contributed by atoms with Gasteiger partial charge in [-0.2, -0.15) is 0 Å². The normalized spacial score (nSPS) is 9.67. The van der Waals surface area contributed by atoms with Gasteiger partial charge in [-0.05, 0) is 27.7 Å². The molecular weight excluding hydrogens is 156 g/mol. The zero-order valence-corrected chi connectivity index (χ0v) is 7.72. The predicted octanol–water partition coefficient (Wildman–Crippen LogP) is 1.13. The van der Waals surface area contributed by atoms with Crippen molar-refractivity contribution in [1.82, 2.24) is 0 Å². The SMILES string of the molecule is CC#CC(=O)OC(=O)C(C)(C)C. The average Bonchev–Trinajstić information content (AvgIpc) is 1.85. The smallest absolute Gasteiger partial charge is 0.383 e. The van der Waals surface area contributed by atoms with Crippen LogP contribution in [0.2, 0.25) is 0 Å². The lowest BCUT2D eigenvalue weighted by atomic mass is 9.97. The second-order valence-electron chi connectivity index (χ2n) is 3.30. The third kappa shape index (κ3) is 3.77. The standard InChI is InChI=1S/C9H12O3/c1-5-6-7(10)12-8(11)9(2,3)4/h1-4H3. The predicted molar refractivity (Wildman–Crippen MR) is 44.0 cm³/mol. The maximum absolute atomic E-state index is 11.0. The fraction of sp³-hybridized carbons (Fsp3) is 0.556. The number of hydrogen-bond donors (Lipinski definition) is 0. The molecule has 0 N–H and O–H groups in total. The first kappa shape index (κ1) is 10.7. The third-order valence-electron chi connectivity index (χ3n) is 1.02. The number of rotatable bonds is 0. The Hall–Kier alpha value is -1.30. The molecule has 0 aromatic carbocycles. The van der Waals surface area contributed by atoms with E-state index in [1.807, 2.05) is 0 Å². The average molecular weight is 168 g/mol. The molecule has 66 valence electrons. The van der Waals surface area contributed by atoms with Crippen LogP contribution in [0.15, 0.2) is 0 Å². The lowest BCUT2D eigenvalue weighted by molar-refractivity contribution is -0.162.